The quantitative estimate of drug-likeness (QED) is 0.811. The van der Waals surface area contributed by atoms with Crippen LogP contribution in [0.1, 0.15) is 16.1 Å². The molecule has 7 nitrogen and oxygen atoms in total. The van der Waals surface area contributed by atoms with Gasteiger partial charge in [0.2, 0.25) is 11.8 Å². The van der Waals surface area contributed by atoms with Crippen LogP contribution in [0.15, 0.2) is 41.8 Å². The van der Waals surface area contributed by atoms with E-state index in [4.69, 9.17) is 4.74 Å². The summed E-state index contributed by atoms with van der Waals surface area (Å²) in [7, 11) is 1.57. The van der Waals surface area contributed by atoms with E-state index in [1.807, 2.05) is 0 Å². The van der Waals surface area contributed by atoms with Crippen LogP contribution in [0.5, 0.6) is 5.75 Å². The fourth-order valence-electron chi connectivity index (χ4n) is 2.58. The summed E-state index contributed by atoms with van der Waals surface area (Å²) in [6.45, 7) is 0.270. The molecule has 0 aliphatic carbocycles. The lowest BCUT2D eigenvalue weighted by atomic mass is 10.1. The van der Waals surface area contributed by atoms with Crippen molar-refractivity contribution in [3.63, 3.8) is 0 Å². The number of amides is 3. The molecular weight excluding hydrogens is 342 g/mol. The third-order valence-corrected chi connectivity index (χ3v) is 4.79. The van der Waals surface area contributed by atoms with E-state index < -0.39 is 5.92 Å². The highest BCUT2D eigenvalue weighted by Gasteiger charge is 2.35. The largest absolute Gasteiger partial charge is 0.497 e. The first-order valence-electron chi connectivity index (χ1n) is 7.66. The smallest absolute Gasteiger partial charge is 0.279 e. The highest BCUT2D eigenvalue weighted by atomic mass is 32.1. The normalized spacial score (nSPS) is 16.6. The predicted octanol–water partition coefficient (Wildman–Crippen LogP) is 1.57. The number of ether oxygens (including phenoxy) is 1. The zero-order chi connectivity index (χ0) is 17.8. The number of hydrogen-bond acceptors (Lipinski definition) is 5. The van der Waals surface area contributed by atoms with E-state index in [0.717, 1.165) is 0 Å². The summed E-state index contributed by atoms with van der Waals surface area (Å²) in [5.41, 5.74) is 5.48. The standard InChI is InChI=1S/C17H17N3O4S/c1-24-13-6-4-12(5-7-13)20-10-11(9-15(20)21)16(22)18-19-17(23)14-3-2-8-25-14/h2-8,11H,9-10H2,1H3,(H,18,22)(H,19,23)/t11-/m1/s1. The Bertz CT molecular complexity index is 774. The summed E-state index contributed by atoms with van der Waals surface area (Å²) in [6.07, 6.45) is 0.104. The summed E-state index contributed by atoms with van der Waals surface area (Å²) >= 11 is 1.28. The van der Waals surface area contributed by atoms with Gasteiger partial charge in [-0.3, -0.25) is 25.2 Å². The number of carbonyl (C=O) groups excluding carboxylic acids is 3. The van der Waals surface area contributed by atoms with Crippen LogP contribution >= 0.6 is 11.3 Å². The fraction of sp³-hybridized carbons (Fsp3) is 0.235. The van der Waals surface area contributed by atoms with Crippen molar-refractivity contribution in [2.45, 2.75) is 6.42 Å². The van der Waals surface area contributed by atoms with Gasteiger partial charge in [0.1, 0.15) is 5.75 Å². The number of rotatable bonds is 4. The first kappa shape index (κ1) is 17.0. The van der Waals surface area contributed by atoms with Gasteiger partial charge in [0.15, 0.2) is 0 Å². The molecule has 1 saturated heterocycles. The molecule has 0 radical (unpaired) electrons. The molecule has 3 rings (SSSR count). The van der Waals surface area contributed by atoms with Gasteiger partial charge < -0.3 is 9.64 Å². The molecule has 8 heteroatoms. The lowest BCUT2D eigenvalue weighted by Gasteiger charge is -2.17. The second-order valence-electron chi connectivity index (χ2n) is 5.52. The molecule has 0 unspecified atom stereocenters. The molecule has 25 heavy (non-hydrogen) atoms. The first-order valence-corrected chi connectivity index (χ1v) is 8.54. The Morgan fingerprint density at radius 2 is 1.96 bits per heavy atom. The maximum Gasteiger partial charge on any atom is 0.279 e. The molecule has 1 fully saturated rings. The molecule has 130 valence electrons. The highest BCUT2D eigenvalue weighted by Crippen LogP contribution is 2.26. The maximum absolute atomic E-state index is 12.2. The SMILES string of the molecule is COc1ccc(N2C[C@H](C(=O)NNC(=O)c3cccs3)CC2=O)cc1. The van der Waals surface area contributed by atoms with Crippen LogP contribution in [0.4, 0.5) is 5.69 Å². The predicted molar refractivity (Wildman–Crippen MR) is 93.4 cm³/mol. The van der Waals surface area contributed by atoms with Gasteiger partial charge in [-0.25, -0.2) is 0 Å². The first-order chi connectivity index (χ1) is 12.1. The zero-order valence-electron chi connectivity index (χ0n) is 13.5. The van der Waals surface area contributed by atoms with Gasteiger partial charge in [0, 0.05) is 18.7 Å². The third kappa shape index (κ3) is 3.80. The summed E-state index contributed by atoms with van der Waals surface area (Å²) in [5, 5.41) is 1.78. The Kier molecular flexibility index (Phi) is 4.99. The topological polar surface area (TPSA) is 87.7 Å². The highest BCUT2D eigenvalue weighted by molar-refractivity contribution is 7.12. The summed E-state index contributed by atoms with van der Waals surface area (Å²) in [4.78, 5) is 38.3. The van der Waals surface area contributed by atoms with Crippen LogP contribution in [0.3, 0.4) is 0 Å². The Hall–Kier alpha value is -2.87. The lowest BCUT2D eigenvalue weighted by molar-refractivity contribution is -0.126. The second kappa shape index (κ2) is 7.35. The van der Waals surface area contributed by atoms with E-state index in [9.17, 15) is 14.4 Å². The second-order valence-corrected chi connectivity index (χ2v) is 6.47. The lowest BCUT2D eigenvalue weighted by Crippen LogP contribution is -2.44. The molecule has 0 spiro atoms. The fourth-order valence-corrected chi connectivity index (χ4v) is 3.20. The van der Waals surface area contributed by atoms with Crippen LogP contribution in [-0.2, 0) is 9.59 Å². The van der Waals surface area contributed by atoms with Gasteiger partial charge in [0.25, 0.3) is 5.91 Å². The van der Waals surface area contributed by atoms with Crippen molar-refractivity contribution in [1.29, 1.82) is 0 Å². The van der Waals surface area contributed by atoms with E-state index in [1.54, 1.807) is 53.8 Å². The van der Waals surface area contributed by atoms with E-state index in [0.29, 0.717) is 16.3 Å². The number of nitrogens with zero attached hydrogens (tertiary/aromatic N) is 1. The third-order valence-electron chi connectivity index (χ3n) is 3.92. The average Bonchev–Trinajstić information content (AvgIpc) is 3.29. The molecule has 3 amide bonds. The van der Waals surface area contributed by atoms with Crippen molar-refractivity contribution in [2.24, 2.45) is 5.92 Å². The van der Waals surface area contributed by atoms with Crippen molar-refractivity contribution >= 4 is 34.7 Å². The van der Waals surface area contributed by atoms with Gasteiger partial charge in [-0.05, 0) is 35.7 Å². The molecule has 1 aliphatic rings. The Balaban J connectivity index is 1.57. The Labute approximate surface area is 148 Å². The number of methoxy groups -OCH3 is 1. The summed E-state index contributed by atoms with van der Waals surface area (Å²) in [6, 6.07) is 10.5. The van der Waals surface area contributed by atoms with Gasteiger partial charge >= 0.3 is 0 Å². The molecule has 1 aromatic heterocycles. The molecule has 1 atom stereocenters. The van der Waals surface area contributed by atoms with Crippen LogP contribution in [-0.4, -0.2) is 31.4 Å². The number of carbonyl (C=O) groups is 3. The number of thiophene rings is 1. The van der Waals surface area contributed by atoms with Crippen LogP contribution in [0.2, 0.25) is 0 Å². The molecule has 0 bridgehead atoms. The van der Waals surface area contributed by atoms with Crippen LogP contribution < -0.4 is 20.5 Å². The number of hydrazine groups is 1. The number of nitrogens with one attached hydrogen (secondary N) is 2. The van der Waals surface area contributed by atoms with E-state index in [-0.39, 0.29) is 30.7 Å². The molecular formula is C17H17N3O4S. The van der Waals surface area contributed by atoms with E-state index in [1.165, 1.54) is 11.3 Å². The monoisotopic (exact) mass is 359 g/mol. The van der Waals surface area contributed by atoms with Gasteiger partial charge in [0.05, 0.1) is 17.9 Å². The van der Waals surface area contributed by atoms with E-state index in [2.05, 4.69) is 10.9 Å². The Morgan fingerprint density at radius 3 is 2.60 bits per heavy atom. The molecule has 1 aliphatic heterocycles. The van der Waals surface area contributed by atoms with Crippen molar-refractivity contribution in [1.82, 2.24) is 10.9 Å². The van der Waals surface area contributed by atoms with Crippen LogP contribution in [0.25, 0.3) is 0 Å². The molecule has 2 N–H and O–H groups in total. The van der Waals surface area contributed by atoms with Crippen molar-refractivity contribution in [2.75, 3.05) is 18.6 Å². The minimum Gasteiger partial charge on any atom is -0.497 e. The minimum atomic E-state index is -0.516. The number of hydrogen-bond donors (Lipinski definition) is 2. The zero-order valence-corrected chi connectivity index (χ0v) is 14.3. The van der Waals surface area contributed by atoms with Crippen molar-refractivity contribution in [3.05, 3.63) is 46.7 Å². The van der Waals surface area contributed by atoms with Crippen LogP contribution in [0, 0.1) is 5.92 Å². The molecule has 0 saturated carbocycles. The maximum atomic E-state index is 12.2. The minimum absolute atomic E-state index is 0.104. The average molecular weight is 359 g/mol. The van der Waals surface area contributed by atoms with Gasteiger partial charge in [-0.2, -0.15) is 0 Å². The van der Waals surface area contributed by atoms with Gasteiger partial charge in [-0.1, -0.05) is 6.07 Å². The van der Waals surface area contributed by atoms with Gasteiger partial charge in [-0.15, -0.1) is 11.3 Å². The van der Waals surface area contributed by atoms with Crippen molar-refractivity contribution < 1.29 is 19.1 Å². The number of anilines is 1. The Morgan fingerprint density at radius 1 is 1.20 bits per heavy atom. The molecule has 2 heterocycles. The molecule has 2 aromatic rings. The number of benzene rings is 1. The summed E-state index contributed by atoms with van der Waals surface area (Å²) in [5.74, 6) is -0.705. The summed E-state index contributed by atoms with van der Waals surface area (Å²) < 4.78 is 5.10. The van der Waals surface area contributed by atoms with E-state index >= 15 is 0 Å². The molecule has 1 aromatic carbocycles. The van der Waals surface area contributed by atoms with Crippen molar-refractivity contribution in [3.8, 4) is 5.75 Å².